The largest absolute Gasteiger partial charge is 0.496 e. The molecule has 0 atom stereocenters. The summed E-state index contributed by atoms with van der Waals surface area (Å²) in [7, 11) is 1.61. The number of nitrogens with zero attached hydrogens (tertiary/aromatic N) is 2. The van der Waals surface area contributed by atoms with Gasteiger partial charge in [-0.25, -0.2) is 0 Å². The van der Waals surface area contributed by atoms with E-state index in [1.165, 1.54) is 5.01 Å². The van der Waals surface area contributed by atoms with E-state index in [0.29, 0.717) is 27.7 Å². The van der Waals surface area contributed by atoms with Gasteiger partial charge in [-0.05, 0) is 43.3 Å². The summed E-state index contributed by atoms with van der Waals surface area (Å²) in [6.07, 6.45) is 1.80. The summed E-state index contributed by atoms with van der Waals surface area (Å²) in [5.74, 6) is 0.543. The van der Waals surface area contributed by atoms with E-state index in [9.17, 15) is 4.79 Å². The standard InChI is InChI=1S/C18H15ClN2O2/c1-12-16(11-13-5-3-4-6-17(13)23-2)18(22)21(20-12)15-9-7-14(19)8-10-15/h3-11H,1-2H3/b16-11+. The quantitative estimate of drug-likeness (QED) is 0.795. The van der Waals surface area contributed by atoms with E-state index in [4.69, 9.17) is 16.3 Å². The molecule has 5 heteroatoms. The van der Waals surface area contributed by atoms with E-state index in [1.807, 2.05) is 31.2 Å². The minimum absolute atomic E-state index is 0.171. The number of amides is 1. The van der Waals surface area contributed by atoms with Gasteiger partial charge in [-0.15, -0.1) is 0 Å². The molecule has 0 radical (unpaired) electrons. The minimum atomic E-state index is -0.171. The highest BCUT2D eigenvalue weighted by Crippen LogP contribution is 2.28. The monoisotopic (exact) mass is 326 g/mol. The van der Waals surface area contributed by atoms with Crippen molar-refractivity contribution in [3.63, 3.8) is 0 Å². The Kier molecular flexibility index (Phi) is 4.17. The van der Waals surface area contributed by atoms with E-state index in [0.717, 1.165) is 5.56 Å². The number of hydrazone groups is 1. The molecule has 3 rings (SSSR count). The molecular weight excluding hydrogens is 312 g/mol. The van der Waals surface area contributed by atoms with Crippen LogP contribution in [0, 0.1) is 0 Å². The molecule has 0 bridgehead atoms. The van der Waals surface area contributed by atoms with Crippen molar-refractivity contribution in [3.8, 4) is 5.75 Å². The smallest absolute Gasteiger partial charge is 0.280 e. The van der Waals surface area contributed by atoms with Crippen LogP contribution in [0.1, 0.15) is 12.5 Å². The molecule has 0 spiro atoms. The fraction of sp³-hybridized carbons (Fsp3) is 0.111. The van der Waals surface area contributed by atoms with Crippen LogP contribution in [0.4, 0.5) is 5.69 Å². The van der Waals surface area contributed by atoms with Gasteiger partial charge in [-0.3, -0.25) is 4.79 Å². The van der Waals surface area contributed by atoms with Crippen molar-refractivity contribution < 1.29 is 9.53 Å². The SMILES string of the molecule is COc1ccccc1/C=C1/C(=O)N(c2ccc(Cl)cc2)N=C1C. The number of rotatable bonds is 3. The van der Waals surface area contributed by atoms with E-state index >= 15 is 0 Å². The van der Waals surface area contributed by atoms with Crippen molar-refractivity contribution in [2.75, 3.05) is 12.1 Å². The molecule has 0 aliphatic carbocycles. The molecule has 0 aromatic heterocycles. The highest BCUT2D eigenvalue weighted by molar-refractivity contribution is 6.32. The Morgan fingerprint density at radius 3 is 2.52 bits per heavy atom. The van der Waals surface area contributed by atoms with Crippen LogP contribution in [0.5, 0.6) is 5.75 Å². The molecule has 1 heterocycles. The molecule has 0 saturated heterocycles. The zero-order valence-corrected chi connectivity index (χ0v) is 13.5. The molecular formula is C18H15ClN2O2. The van der Waals surface area contributed by atoms with Gasteiger partial charge in [-0.2, -0.15) is 10.1 Å². The van der Waals surface area contributed by atoms with Gasteiger partial charge in [0.05, 0.1) is 24.1 Å². The maximum Gasteiger partial charge on any atom is 0.280 e. The predicted octanol–water partition coefficient (Wildman–Crippen LogP) is 4.15. The molecule has 0 N–H and O–H groups in total. The molecule has 1 aliphatic heterocycles. The summed E-state index contributed by atoms with van der Waals surface area (Å²) in [5.41, 5.74) is 2.73. The molecule has 0 saturated carbocycles. The third-order valence-corrected chi connectivity index (χ3v) is 3.82. The van der Waals surface area contributed by atoms with Crippen molar-refractivity contribution in [1.82, 2.24) is 0 Å². The number of hydrogen-bond donors (Lipinski definition) is 0. The van der Waals surface area contributed by atoms with Gasteiger partial charge in [0.2, 0.25) is 0 Å². The number of ether oxygens (including phenoxy) is 1. The molecule has 0 unspecified atom stereocenters. The Morgan fingerprint density at radius 2 is 1.83 bits per heavy atom. The first-order chi connectivity index (χ1) is 11.1. The fourth-order valence-corrected chi connectivity index (χ4v) is 2.51. The highest BCUT2D eigenvalue weighted by Gasteiger charge is 2.28. The average Bonchev–Trinajstić information content (AvgIpc) is 2.84. The van der Waals surface area contributed by atoms with Gasteiger partial charge in [-0.1, -0.05) is 29.8 Å². The number of halogens is 1. The maximum atomic E-state index is 12.7. The second kappa shape index (κ2) is 6.26. The van der Waals surface area contributed by atoms with Crippen molar-refractivity contribution in [1.29, 1.82) is 0 Å². The molecule has 4 nitrogen and oxygen atoms in total. The number of carbonyl (C=O) groups excluding carboxylic acids is 1. The van der Waals surface area contributed by atoms with E-state index in [-0.39, 0.29) is 5.91 Å². The van der Waals surface area contributed by atoms with Gasteiger partial charge in [0.25, 0.3) is 5.91 Å². The third kappa shape index (κ3) is 2.98. The Bertz CT molecular complexity index is 810. The van der Waals surface area contributed by atoms with Crippen molar-refractivity contribution in [2.24, 2.45) is 5.10 Å². The lowest BCUT2D eigenvalue weighted by molar-refractivity contribution is -0.114. The highest BCUT2D eigenvalue weighted by atomic mass is 35.5. The first kappa shape index (κ1) is 15.3. The number of anilines is 1. The first-order valence-corrected chi connectivity index (χ1v) is 7.48. The van der Waals surface area contributed by atoms with Crippen LogP contribution in [0.15, 0.2) is 59.2 Å². The molecule has 23 heavy (non-hydrogen) atoms. The van der Waals surface area contributed by atoms with E-state index in [1.54, 1.807) is 37.5 Å². The van der Waals surface area contributed by atoms with Crippen LogP contribution in [0.2, 0.25) is 5.02 Å². The Balaban J connectivity index is 1.97. The summed E-state index contributed by atoms with van der Waals surface area (Å²) >= 11 is 5.89. The van der Waals surface area contributed by atoms with Gasteiger partial charge in [0.1, 0.15) is 5.75 Å². The second-order valence-corrected chi connectivity index (χ2v) is 5.52. The second-order valence-electron chi connectivity index (χ2n) is 5.08. The molecule has 116 valence electrons. The van der Waals surface area contributed by atoms with Crippen LogP contribution in [0.25, 0.3) is 6.08 Å². The molecule has 0 fully saturated rings. The fourth-order valence-electron chi connectivity index (χ4n) is 2.38. The number of methoxy groups -OCH3 is 1. The lowest BCUT2D eigenvalue weighted by atomic mass is 10.1. The molecule has 1 aliphatic rings. The summed E-state index contributed by atoms with van der Waals surface area (Å²) in [6.45, 7) is 1.81. The Morgan fingerprint density at radius 1 is 1.13 bits per heavy atom. The van der Waals surface area contributed by atoms with Crippen LogP contribution in [-0.2, 0) is 4.79 Å². The van der Waals surface area contributed by atoms with Crippen molar-refractivity contribution >= 4 is 35.0 Å². The zero-order valence-electron chi connectivity index (χ0n) is 12.8. The van der Waals surface area contributed by atoms with E-state index < -0.39 is 0 Å². The first-order valence-electron chi connectivity index (χ1n) is 7.10. The van der Waals surface area contributed by atoms with Gasteiger partial charge < -0.3 is 4.74 Å². The predicted molar refractivity (Wildman–Crippen MR) is 93.0 cm³/mol. The summed E-state index contributed by atoms with van der Waals surface area (Å²) in [6, 6.07) is 14.5. The number of benzene rings is 2. The third-order valence-electron chi connectivity index (χ3n) is 3.57. The number of carbonyl (C=O) groups is 1. The average molecular weight is 327 g/mol. The summed E-state index contributed by atoms with van der Waals surface area (Å²) in [5, 5.41) is 6.35. The van der Waals surface area contributed by atoms with Crippen LogP contribution < -0.4 is 9.75 Å². The Hall–Kier alpha value is -2.59. The zero-order chi connectivity index (χ0) is 16.4. The lowest BCUT2D eigenvalue weighted by Crippen LogP contribution is -2.21. The summed E-state index contributed by atoms with van der Waals surface area (Å²) < 4.78 is 5.33. The van der Waals surface area contributed by atoms with Gasteiger partial charge in [0, 0.05) is 10.6 Å². The molecule has 1 amide bonds. The Labute approximate surface area is 139 Å². The number of hydrogen-bond acceptors (Lipinski definition) is 3. The minimum Gasteiger partial charge on any atom is -0.496 e. The van der Waals surface area contributed by atoms with E-state index in [2.05, 4.69) is 5.10 Å². The maximum absolute atomic E-state index is 12.7. The molecule has 2 aromatic rings. The van der Waals surface area contributed by atoms with Crippen LogP contribution >= 0.6 is 11.6 Å². The number of para-hydroxylation sites is 1. The summed E-state index contributed by atoms with van der Waals surface area (Å²) in [4.78, 5) is 12.7. The normalized spacial score (nSPS) is 16.0. The van der Waals surface area contributed by atoms with Crippen LogP contribution in [-0.4, -0.2) is 18.7 Å². The topological polar surface area (TPSA) is 41.9 Å². The van der Waals surface area contributed by atoms with Gasteiger partial charge in [0.15, 0.2) is 0 Å². The lowest BCUT2D eigenvalue weighted by Gasteiger charge is -2.11. The van der Waals surface area contributed by atoms with Crippen molar-refractivity contribution in [3.05, 3.63) is 64.7 Å². The van der Waals surface area contributed by atoms with Crippen molar-refractivity contribution in [2.45, 2.75) is 6.92 Å². The van der Waals surface area contributed by atoms with Crippen LogP contribution in [0.3, 0.4) is 0 Å². The van der Waals surface area contributed by atoms with Gasteiger partial charge >= 0.3 is 0 Å². The molecule has 2 aromatic carbocycles.